The van der Waals surface area contributed by atoms with Gasteiger partial charge < -0.3 is 5.32 Å². The lowest BCUT2D eigenvalue weighted by Crippen LogP contribution is -2.22. The van der Waals surface area contributed by atoms with Crippen molar-refractivity contribution in [3.63, 3.8) is 0 Å². The number of hydrogen-bond acceptors (Lipinski definition) is 4. The van der Waals surface area contributed by atoms with Gasteiger partial charge in [-0.3, -0.25) is 9.89 Å². The summed E-state index contributed by atoms with van der Waals surface area (Å²) in [6.07, 6.45) is 4.56. The summed E-state index contributed by atoms with van der Waals surface area (Å²) < 4.78 is 12.9. The summed E-state index contributed by atoms with van der Waals surface area (Å²) in [5.41, 5.74) is 2.66. The first kappa shape index (κ1) is 15.4. The molecule has 0 spiro atoms. The van der Waals surface area contributed by atoms with Crippen LogP contribution < -0.4 is 5.32 Å². The predicted octanol–water partition coefficient (Wildman–Crippen LogP) is 2.92. The Bertz CT molecular complexity index is 768. The van der Waals surface area contributed by atoms with E-state index in [0.29, 0.717) is 19.4 Å². The SMILES string of the molecule is O=C(CCc1cn[nH]c1)NCc1nc(-c2ccc(F)cc2)cs1. The van der Waals surface area contributed by atoms with Gasteiger partial charge >= 0.3 is 0 Å². The number of benzene rings is 1. The molecule has 118 valence electrons. The lowest BCUT2D eigenvalue weighted by atomic mass is 10.2. The zero-order valence-corrected chi connectivity index (χ0v) is 13.1. The van der Waals surface area contributed by atoms with Gasteiger partial charge in [-0.25, -0.2) is 9.37 Å². The highest BCUT2D eigenvalue weighted by molar-refractivity contribution is 7.09. The molecule has 3 rings (SSSR count). The number of aromatic nitrogens is 3. The van der Waals surface area contributed by atoms with Crippen LogP contribution in [0.3, 0.4) is 0 Å². The predicted molar refractivity (Wildman–Crippen MR) is 86.3 cm³/mol. The van der Waals surface area contributed by atoms with E-state index in [1.165, 1.54) is 23.5 Å². The fraction of sp³-hybridized carbons (Fsp3) is 0.188. The third kappa shape index (κ3) is 4.23. The van der Waals surface area contributed by atoms with Gasteiger partial charge in [-0.1, -0.05) is 0 Å². The molecule has 0 saturated carbocycles. The standard InChI is InChI=1S/C16H15FN4OS/c17-13-4-2-12(3-5-13)14-10-23-16(21-14)9-18-15(22)6-1-11-7-19-20-8-11/h2-5,7-8,10H,1,6,9H2,(H,18,22)(H,19,20). The Kier molecular flexibility index (Phi) is 4.77. The zero-order valence-electron chi connectivity index (χ0n) is 12.3. The first-order chi connectivity index (χ1) is 11.2. The van der Waals surface area contributed by atoms with Gasteiger partial charge in [-0.05, 0) is 36.2 Å². The minimum Gasteiger partial charge on any atom is -0.350 e. The Morgan fingerprint density at radius 2 is 2.13 bits per heavy atom. The number of halogens is 1. The molecule has 0 saturated heterocycles. The molecular formula is C16H15FN4OS. The van der Waals surface area contributed by atoms with Crippen LogP contribution in [0.4, 0.5) is 4.39 Å². The van der Waals surface area contributed by atoms with Crippen LogP contribution in [0, 0.1) is 5.82 Å². The van der Waals surface area contributed by atoms with Crippen molar-refractivity contribution in [2.75, 3.05) is 0 Å². The van der Waals surface area contributed by atoms with E-state index in [0.717, 1.165) is 21.8 Å². The second-order valence-electron chi connectivity index (χ2n) is 5.02. The number of carbonyl (C=O) groups excluding carboxylic acids is 1. The van der Waals surface area contributed by atoms with E-state index >= 15 is 0 Å². The van der Waals surface area contributed by atoms with E-state index in [-0.39, 0.29) is 11.7 Å². The molecule has 0 atom stereocenters. The monoisotopic (exact) mass is 330 g/mol. The van der Waals surface area contributed by atoms with E-state index in [2.05, 4.69) is 20.5 Å². The number of nitrogens with zero attached hydrogens (tertiary/aromatic N) is 2. The Hall–Kier alpha value is -2.54. The summed E-state index contributed by atoms with van der Waals surface area (Å²) in [7, 11) is 0. The molecule has 0 unspecified atom stereocenters. The van der Waals surface area contributed by atoms with Crippen LogP contribution in [0.5, 0.6) is 0 Å². The van der Waals surface area contributed by atoms with Crippen molar-refractivity contribution in [2.45, 2.75) is 19.4 Å². The molecule has 0 aliphatic carbocycles. The minimum atomic E-state index is -0.269. The second kappa shape index (κ2) is 7.15. The van der Waals surface area contributed by atoms with E-state index in [1.807, 2.05) is 5.38 Å². The van der Waals surface area contributed by atoms with E-state index in [1.54, 1.807) is 24.5 Å². The van der Waals surface area contributed by atoms with Crippen LogP contribution in [-0.2, 0) is 17.8 Å². The summed E-state index contributed by atoms with van der Waals surface area (Å²) >= 11 is 1.47. The highest BCUT2D eigenvalue weighted by Crippen LogP contribution is 2.22. The molecule has 0 aliphatic rings. The number of carbonyl (C=O) groups is 1. The van der Waals surface area contributed by atoms with E-state index in [4.69, 9.17) is 0 Å². The highest BCUT2D eigenvalue weighted by atomic mass is 32.1. The molecule has 2 N–H and O–H groups in total. The van der Waals surface area contributed by atoms with Gasteiger partial charge in [0.25, 0.3) is 0 Å². The zero-order chi connectivity index (χ0) is 16.1. The van der Waals surface area contributed by atoms with Gasteiger partial charge in [-0.2, -0.15) is 5.10 Å². The van der Waals surface area contributed by atoms with Gasteiger partial charge in [0.1, 0.15) is 10.8 Å². The highest BCUT2D eigenvalue weighted by Gasteiger charge is 2.07. The summed E-state index contributed by atoms with van der Waals surface area (Å²) in [6, 6.07) is 6.20. The van der Waals surface area contributed by atoms with Crippen molar-refractivity contribution in [2.24, 2.45) is 0 Å². The molecule has 1 amide bonds. The summed E-state index contributed by atoms with van der Waals surface area (Å²) in [5, 5.41) is 12.1. The van der Waals surface area contributed by atoms with Gasteiger partial charge in [0, 0.05) is 23.6 Å². The van der Waals surface area contributed by atoms with Crippen molar-refractivity contribution in [3.05, 3.63) is 58.4 Å². The number of aromatic amines is 1. The third-order valence-electron chi connectivity index (χ3n) is 3.32. The topological polar surface area (TPSA) is 70.7 Å². The van der Waals surface area contributed by atoms with Crippen molar-refractivity contribution in [1.29, 1.82) is 0 Å². The molecule has 0 radical (unpaired) electrons. The molecule has 2 heterocycles. The fourth-order valence-corrected chi connectivity index (χ4v) is 2.82. The molecule has 0 fully saturated rings. The minimum absolute atomic E-state index is 0.0234. The third-order valence-corrected chi connectivity index (χ3v) is 4.17. The summed E-state index contributed by atoms with van der Waals surface area (Å²) in [6.45, 7) is 0.399. The number of H-pyrrole nitrogens is 1. The number of nitrogens with one attached hydrogen (secondary N) is 2. The normalized spacial score (nSPS) is 10.7. The van der Waals surface area contributed by atoms with E-state index < -0.39 is 0 Å². The molecule has 0 aliphatic heterocycles. The first-order valence-electron chi connectivity index (χ1n) is 7.15. The van der Waals surface area contributed by atoms with Crippen molar-refractivity contribution in [1.82, 2.24) is 20.5 Å². The van der Waals surface area contributed by atoms with Crippen LogP contribution in [0.1, 0.15) is 17.0 Å². The maximum Gasteiger partial charge on any atom is 0.220 e. The van der Waals surface area contributed by atoms with Crippen molar-refractivity contribution >= 4 is 17.2 Å². The van der Waals surface area contributed by atoms with Crippen LogP contribution in [0.15, 0.2) is 42.0 Å². The Labute approximate surface area is 136 Å². The van der Waals surface area contributed by atoms with Crippen molar-refractivity contribution < 1.29 is 9.18 Å². The maximum atomic E-state index is 12.9. The van der Waals surface area contributed by atoms with Crippen LogP contribution in [0.25, 0.3) is 11.3 Å². The molecular weight excluding hydrogens is 315 g/mol. The largest absolute Gasteiger partial charge is 0.350 e. The summed E-state index contributed by atoms with van der Waals surface area (Å²) in [4.78, 5) is 16.3. The molecule has 1 aromatic carbocycles. The number of aryl methyl sites for hydroxylation is 1. The lowest BCUT2D eigenvalue weighted by molar-refractivity contribution is -0.121. The Morgan fingerprint density at radius 3 is 2.87 bits per heavy atom. The van der Waals surface area contributed by atoms with Crippen LogP contribution in [0.2, 0.25) is 0 Å². The van der Waals surface area contributed by atoms with Crippen molar-refractivity contribution in [3.8, 4) is 11.3 Å². The van der Waals surface area contributed by atoms with Gasteiger partial charge in [0.05, 0.1) is 18.4 Å². The average molecular weight is 330 g/mol. The number of amides is 1. The molecule has 2 aromatic heterocycles. The average Bonchev–Trinajstić information content (AvgIpc) is 3.23. The number of thiazole rings is 1. The first-order valence-corrected chi connectivity index (χ1v) is 8.03. The van der Waals surface area contributed by atoms with E-state index in [9.17, 15) is 9.18 Å². The molecule has 7 heteroatoms. The Balaban J connectivity index is 1.50. The smallest absolute Gasteiger partial charge is 0.220 e. The maximum absolute atomic E-state index is 12.9. The molecule has 0 bridgehead atoms. The molecule has 5 nitrogen and oxygen atoms in total. The molecule has 3 aromatic rings. The summed E-state index contributed by atoms with van der Waals surface area (Å²) in [5.74, 6) is -0.293. The second-order valence-corrected chi connectivity index (χ2v) is 5.96. The number of hydrogen-bond donors (Lipinski definition) is 2. The van der Waals surface area contributed by atoms with Gasteiger partial charge in [0.2, 0.25) is 5.91 Å². The van der Waals surface area contributed by atoms with Gasteiger partial charge in [0.15, 0.2) is 0 Å². The quantitative estimate of drug-likeness (QED) is 0.730. The van der Waals surface area contributed by atoms with Crippen LogP contribution in [-0.4, -0.2) is 21.1 Å². The van der Waals surface area contributed by atoms with Crippen LogP contribution >= 0.6 is 11.3 Å². The van der Waals surface area contributed by atoms with Gasteiger partial charge in [-0.15, -0.1) is 11.3 Å². The molecule has 23 heavy (non-hydrogen) atoms. The lowest BCUT2D eigenvalue weighted by Gasteiger charge is -2.02. The number of rotatable bonds is 6. The fourth-order valence-electron chi connectivity index (χ4n) is 2.08. The Morgan fingerprint density at radius 1 is 1.30 bits per heavy atom.